The van der Waals surface area contributed by atoms with Crippen LogP contribution in [0.2, 0.25) is 13.3 Å². The van der Waals surface area contributed by atoms with Crippen LogP contribution < -0.4 is 3.58 Å². The van der Waals surface area contributed by atoms with E-state index >= 15 is 0 Å². The molecule has 2 heteroatoms. The van der Waals surface area contributed by atoms with Gasteiger partial charge in [-0.2, -0.15) is 0 Å². The van der Waals surface area contributed by atoms with Crippen LogP contribution >= 0.6 is 0 Å². The monoisotopic (exact) mass is 434 g/mol. The Morgan fingerprint density at radius 2 is 1.29 bits per heavy atom. The second kappa shape index (κ2) is 10.3. The number of unbranched alkanes of at least 4 members (excludes halogenated alkanes) is 3. The van der Waals surface area contributed by atoms with Crippen molar-refractivity contribution in [3.8, 4) is 11.3 Å². The standard InChI is InChI=1S/C10H7O.3C4H9.Sn/c1-2-5-9(6-3-1)10-7-4-8-11-10;3*1-3-4-2;/h2-8H;3*1,3-4H2,2H3;. The summed E-state index contributed by atoms with van der Waals surface area (Å²) in [5, 5.41) is 0. The zero-order chi connectivity index (χ0) is 17.3. The molecular formula is C22H34OSn. The van der Waals surface area contributed by atoms with Crippen LogP contribution in [-0.4, -0.2) is 18.4 Å². The Hall–Kier alpha value is -0.701. The van der Waals surface area contributed by atoms with Crippen LogP contribution in [0, 0.1) is 0 Å². The van der Waals surface area contributed by atoms with E-state index in [0.717, 1.165) is 5.76 Å². The van der Waals surface area contributed by atoms with Gasteiger partial charge in [0.1, 0.15) is 0 Å². The van der Waals surface area contributed by atoms with E-state index in [-0.39, 0.29) is 0 Å². The fourth-order valence-corrected chi connectivity index (χ4v) is 19.7. The van der Waals surface area contributed by atoms with Gasteiger partial charge in [-0.3, -0.25) is 0 Å². The maximum atomic E-state index is 5.56. The second-order valence-corrected chi connectivity index (χ2v) is 20.4. The van der Waals surface area contributed by atoms with Gasteiger partial charge in [0.05, 0.1) is 0 Å². The summed E-state index contributed by atoms with van der Waals surface area (Å²) in [4.78, 5) is 0. The van der Waals surface area contributed by atoms with Gasteiger partial charge in [0.25, 0.3) is 0 Å². The Morgan fingerprint density at radius 1 is 0.750 bits per heavy atom. The zero-order valence-electron chi connectivity index (χ0n) is 15.8. The summed E-state index contributed by atoms with van der Waals surface area (Å²) in [6, 6.07) is 13.5. The van der Waals surface area contributed by atoms with Gasteiger partial charge >= 0.3 is 153 Å². The molecule has 0 amide bonds. The Kier molecular flexibility index (Phi) is 8.44. The van der Waals surface area contributed by atoms with E-state index in [4.69, 9.17) is 4.42 Å². The first kappa shape index (κ1) is 19.6. The van der Waals surface area contributed by atoms with Crippen LogP contribution in [0.5, 0.6) is 0 Å². The molecule has 0 saturated heterocycles. The van der Waals surface area contributed by atoms with Gasteiger partial charge in [-0.25, -0.2) is 0 Å². The summed E-state index contributed by atoms with van der Waals surface area (Å²) in [5.74, 6) is 0.984. The molecule has 1 aromatic carbocycles. The van der Waals surface area contributed by atoms with Crippen molar-refractivity contribution in [3.05, 3.63) is 42.7 Å². The number of hydrogen-bond donors (Lipinski definition) is 0. The molecule has 0 bridgehead atoms. The van der Waals surface area contributed by atoms with Crippen molar-refractivity contribution >= 4 is 22.0 Å². The van der Waals surface area contributed by atoms with E-state index in [2.05, 4.69) is 51.1 Å². The summed E-state index contributed by atoms with van der Waals surface area (Å²) in [6.45, 7) is 7.03. The predicted octanol–water partition coefficient (Wildman–Crippen LogP) is 7.00. The molecule has 0 aliphatic heterocycles. The SMILES string of the molecule is CCC[CH2][Sn]([CH2]CCC)([CH2]CCC)[c]1ccc(-c2ccco2)cc1. The van der Waals surface area contributed by atoms with Gasteiger partial charge in [0.15, 0.2) is 0 Å². The Labute approximate surface area is 152 Å². The quantitative estimate of drug-likeness (QED) is 0.348. The number of hydrogen-bond acceptors (Lipinski definition) is 1. The molecule has 2 rings (SSSR count). The van der Waals surface area contributed by atoms with Crippen LogP contribution in [0.25, 0.3) is 11.3 Å². The van der Waals surface area contributed by atoms with Crippen molar-refractivity contribution in [2.24, 2.45) is 0 Å². The molecule has 2 aromatic rings. The molecule has 0 unspecified atom stereocenters. The van der Waals surface area contributed by atoms with Gasteiger partial charge in [0.2, 0.25) is 0 Å². The number of rotatable bonds is 11. The van der Waals surface area contributed by atoms with E-state index in [1.165, 1.54) is 57.4 Å². The maximum absolute atomic E-state index is 5.56. The predicted molar refractivity (Wildman–Crippen MR) is 109 cm³/mol. The normalized spacial score (nSPS) is 11.8. The Morgan fingerprint density at radius 3 is 1.71 bits per heavy atom. The van der Waals surface area contributed by atoms with Crippen molar-refractivity contribution in [1.82, 2.24) is 0 Å². The molecule has 0 N–H and O–H groups in total. The first-order valence-electron chi connectivity index (χ1n) is 9.90. The summed E-state index contributed by atoms with van der Waals surface area (Å²) < 4.78 is 11.9. The van der Waals surface area contributed by atoms with E-state index in [1.54, 1.807) is 9.84 Å². The van der Waals surface area contributed by atoms with Crippen molar-refractivity contribution in [3.63, 3.8) is 0 Å². The van der Waals surface area contributed by atoms with Gasteiger partial charge in [-0.05, 0) is 0 Å². The molecule has 0 atom stereocenters. The zero-order valence-corrected chi connectivity index (χ0v) is 18.7. The molecule has 0 aliphatic carbocycles. The fraction of sp³-hybridized carbons (Fsp3) is 0.545. The third kappa shape index (κ3) is 5.15. The van der Waals surface area contributed by atoms with Gasteiger partial charge < -0.3 is 0 Å². The molecule has 0 fully saturated rings. The van der Waals surface area contributed by atoms with Gasteiger partial charge in [0, 0.05) is 0 Å². The number of benzene rings is 1. The average molecular weight is 433 g/mol. The summed E-state index contributed by atoms with van der Waals surface area (Å²) in [5.41, 5.74) is 1.21. The third-order valence-corrected chi connectivity index (χ3v) is 21.0. The fourth-order valence-electron chi connectivity index (χ4n) is 3.78. The van der Waals surface area contributed by atoms with Crippen LogP contribution in [0.3, 0.4) is 0 Å². The first-order chi connectivity index (χ1) is 11.8. The molecule has 0 saturated carbocycles. The molecule has 0 radical (unpaired) electrons. The average Bonchev–Trinajstić information content (AvgIpc) is 3.16. The van der Waals surface area contributed by atoms with Crippen molar-refractivity contribution in [2.45, 2.75) is 72.6 Å². The Balaban J connectivity index is 2.28. The van der Waals surface area contributed by atoms with Crippen LogP contribution in [-0.2, 0) is 0 Å². The van der Waals surface area contributed by atoms with Crippen LogP contribution in [0.15, 0.2) is 47.1 Å². The molecular weight excluding hydrogens is 399 g/mol. The van der Waals surface area contributed by atoms with Gasteiger partial charge in [-0.1, -0.05) is 0 Å². The molecule has 0 aliphatic rings. The van der Waals surface area contributed by atoms with Crippen LogP contribution in [0.4, 0.5) is 0 Å². The molecule has 132 valence electrons. The topological polar surface area (TPSA) is 13.1 Å². The molecule has 24 heavy (non-hydrogen) atoms. The molecule has 1 nitrogen and oxygen atoms in total. The Bertz CT molecular complexity index is 534. The molecule has 1 aromatic heterocycles. The molecule has 1 heterocycles. The van der Waals surface area contributed by atoms with E-state index < -0.39 is 18.4 Å². The van der Waals surface area contributed by atoms with E-state index in [9.17, 15) is 0 Å². The summed E-state index contributed by atoms with van der Waals surface area (Å²) in [7, 11) is 0. The first-order valence-corrected chi connectivity index (χ1v) is 17.4. The second-order valence-electron chi connectivity index (χ2n) is 7.15. The number of furan rings is 1. The van der Waals surface area contributed by atoms with E-state index in [1.807, 2.05) is 6.07 Å². The summed E-state index contributed by atoms with van der Waals surface area (Å²) >= 11 is -2.26. The van der Waals surface area contributed by atoms with E-state index in [0.29, 0.717) is 0 Å². The minimum absolute atomic E-state index is 0.984. The van der Waals surface area contributed by atoms with Gasteiger partial charge in [-0.15, -0.1) is 0 Å². The van der Waals surface area contributed by atoms with Crippen LogP contribution in [0.1, 0.15) is 59.3 Å². The van der Waals surface area contributed by atoms with Crippen molar-refractivity contribution in [2.75, 3.05) is 0 Å². The summed E-state index contributed by atoms with van der Waals surface area (Å²) in [6.07, 6.45) is 10.0. The minimum atomic E-state index is -2.26. The molecule has 0 spiro atoms. The third-order valence-electron chi connectivity index (χ3n) is 5.33. The van der Waals surface area contributed by atoms with Crippen molar-refractivity contribution in [1.29, 1.82) is 0 Å². The van der Waals surface area contributed by atoms with Crippen molar-refractivity contribution < 1.29 is 4.42 Å².